The summed E-state index contributed by atoms with van der Waals surface area (Å²) >= 11 is 0. The van der Waals surface area contributed by atoms with Crippen LogP contribution in [-0.2, 0) is 18.3 Å². The van der Waals surface area contributed by atoms with E-state index in [0.29, 0.717) is 12.0 Å². The van der Waals surface area contributed by atoms with Crippen LogP contribution in [0, 0.1) is 17.7 Å². The minimum Gasteiger partial charge on any atom is -0.511 e. The number of fused-ring (bicyclic) bond motifs is 2. The van der Waals surface area contributed by atoms with Gasteiger partial charge < -0.3 is 26.4 Å². The first kappa shape index (κ1) is 26.2. The summed E-state index contributed by atoms with van der Waals surface area (Å²) in [5.41, 5.74) is 5.37. The van der Waals surface area contributed by atoms with Crippen molar-refractivity contribution in [1.29, 1.82) is 0 Å². The van der Waals surface area contributed by atoms with E-state index in [4.69, 9.17) is 5.73 Å². The highest BCUT2D eigenvalue weighted by Gasteiger charge is 2.63. The van der Waals surface area contributed by atoms with Crippen molar-refractivity contribution in [1.82, 2.24) is 14.7 Å². The number of ketones is 1. The van der Waals surface area contributed by atoms with Crippen LogP contribution in [0.15, 0.2) is 52.4 Å². The van der Waals surface area contributed by atoms with Crippen LogP contribution in [0.1, 0.15) is 32.8 Å². The Hall–Kier alpha value is -4.02. The molecule has 3 aliphatic carbocycles. The molecule has 11 nitrogen and oxygen atoms in total. The fourth-order valence-corrected chi connectivity index (χ4v) is 8.39. The fraction of sp³-hybridized carbons (Fsp3) is 0.333. The zero-order valence-electron chi connectivity index (χ0n) is 21.8. The highest BCUT2D eigenvalue weighted by atomic mass is 31.1. The summed E-state index contributed by atoms with van der Waals surface area (Å²) in [7, 11) is 5.10. The van der Waals surface area contributed by atoms with Gasteiger partial charge in [0.15, 0.2) is 17.2 Å². The first-order valence-electron chi connectivity index (χ1n) is 12.6. The summed E-state index contributed by atoms with van der Waals surface area (Å²) in [5, 5.41) is 39.2. The molecule has 0 radical (unpaired) electrons. The molecule has 1 unspecified atom stereocenters. The van der Waals surface area contributed by atoms with E-state index < -0.39 is 52.2 Å². The second-order valence-corrected chi connectivity index (χ2v) is 12.2. The van der Waals surface area contributed by atoms with Gasteiger partial charge in [0.05, 0.1) is 28.0 Å². The molecule has 208 valence electrons. The van der Waals surface area contributed by atoms with E-state index in [9.17, 15) is 29.7 Å². The molecule has 13 heteroatoms. The van der Waals surface area contributed by atoms with Crippen LogP contribution < -0.4 is 11.1 Å². The standard InChI is InChI=1S/C27H27FN5O6P/c1-32(2)20-12-7-10-6-11-14(28)8-16(30-26(39)15-4-5-33(3)31-15)21(34)18(11)22(35)17(10)24(37)27(12)13(9-40-27)19(23(20)36)25(29)38/h4-5,8-10,12,20,34,36-37,40H,6-7H2,1-3H3,(H2,29,38)(H,30,39)/t10-,12-,20-,27+/m0/s1. The zero-order valence-corrected chi connectivity index (χ0v) is 22.8. The Morgan fingerprint density at radius 2 is 2.02 bits per heavy atom. The molecule has 1 aromatic heterocycles. The van der Waals surface area contributed by atoms with Gasteiger partial charge in [-0.05, 0) is 44.5 Å². The van der Waals surface area contributed by atoms with Crippen molar-refractivity contribution in [2.24, 2.45) is 24.6 Å². The van der Waals surface area contributed by atoms with Crippen LogP contribution in [0.25, 0.3) is 0 Å². The van der Waals surface area contributed by atoms with Gasteiger partial charge in [0.25, 0.3) is 11.8 Å². The van der Waals surface area contributed by atoms with Crippen molar-refractivity contribution in [3.63, 3.8) is 0 Å². The van der Waals surface area contributed by atoms with Crippen molar-refractivity contribution >= 4 is 31.9 Å². The number of Topliss-reactive ketones (excluding diaryl/α,β-unsaturated/α-hetero) is 1. The van der Waals surface area contributed by atoms with Crippen molar-refractivity contribution in [2.45, 2.75) is 24.0 Å². The maximum absolute atomic E-state index is 15.5. The van der Waals surface area contributed by atoms with Crippen LogP contribution in [-0.4, -0.2) is 72.9 Å². The Balaban J connectivity index is 1.47. The van der Waals surface area contributed by atoms with Crippen LogP contribution in [0.2, 0.25) is 0 Å². The number of nitrogens with zero attached hydrogens (tertiary/aromatic N) is 3. The summed E-state index contributed by atoms with van der Waals surface area (Å²) in [6, 6.07) is 1.74. The van der Waals surface area contributed by atoms with Crippen molar-refractivity contribution in [3.05, 3.63) is 75.0 Å². The molecule has 2 amide bonds. The number of carbonyl (C=O) groups excluding carboxylic acids is 3. The van der Waals surface area contributed by atoms with E-state index in [2.05, 4.69) is 10.4 Å². The largest absolute Gasteiger partial charge is 0.511 e. The van der Waals surface area contributed by atoms with Crippen LogP contribution >= 0.6 is 8.58 Å². The molecule has 2 aromatic rings. The lowest BCUT2D eigenvalue weighted by molar-refractivity contribution is -0.114. The number of aromatic hydroxyl groups is 1. The van der Waals surface area contributed by atoms with Gasteiger partial charge in [-0.15, -0.1) is 0 Å². The van der Waals surface area contributed by atoms with Crippen molar-refractivity contribution in [2.75, 3.05) is 19.4 Å². The smallest absolute Gasteiger partial charge is 0.276 e. The molecule has 6 rings (SSSR count). The topological polar surface area (TPSA) is 171 Å². The van der Waals surface area contributed by atoms with Gasteiger partial charge in [-0.1, -0.05) is 14.4 Å². The summed E-state index contributed by atoms with van der Waals surface area (Å²) in [6.07, 6.45) is 1.87. The summed E-state index contributed by atoms with van der Waals surface area (Å²) in [4.78, 5) is 40.7. The molecule has 1 spiro atoms. The maximum atomic E-state index is 15.5. The predicted molar refractivity (Wildman–Crippen MR) is 144 cm³/mol. The summed E-state index contributed by atoms with van der Waals surface area (Å²) in [6.45, 7) is 0. The number of likely N-dealkylation sites (N-methyl/N-ethyl adjacent to an activating group) is 1. The highest BCUT2D eigenvalue weighted by Crippen LogP contribution is 2.68. The molecule has 1 aliphatic heterocycles. The number of anilines is 1. The molecule has 0 fully saturated rings. The molecule has 5 atom stereocenters. The van der Waals surface area contributed by atoms with Gasteiger partial charge in [-0.25, -0.2) is 4.39 Å². The lowest BCUT2D eigenvalue weighted by atomic mass is 9.59. The number of hydrogen-bond donors (Lipinski definition) is 5. The minimum atomic E-state index is -1.11. The first-order chi connectivity index (χ1) is 18.9. The number of nitrogens with two attached hydrogens (primary N) is 1. The number of phenolic OH excluding ortho intramolecular Hbond substituents is 1. The molecule has 1 aromatic carbocycles. The van der Waals surface area contributed by atoms with E-state index in [1.807, 2.05) is 0 Å². The number of aromatic nitrogens is 2. The molecular formula is C27H27FN5O6P. The van der Waals surface area contributed by atoms with Crippen molar-refractivity contribution in [3.8, 4) is 5.75 Å². The number of carbonyl (C=O) groups is 3. The third-order valence-electron chi connectivity index (χ3n) is 8.46. The molecular weight excluding hydrogens is 540 g/mol. The van der Waals surface area contributed by atoms with Crippen LogP contribution in [0.4, 0.5) is 10.1 Å². The number of halogens is 1. The molecule has 40 heavy (non-hydrogen) atoms. The normalized spacial score (nSPS) is 27.5. The number of phenols is 1. The van der Waals surface area contributed by atoms with E-state index in [1.165, 1.54) is 10.7 Å². The number of aryl methyl sites for hydroxylation is 1. The van der Waals surface area contributed by atoms with Gasteiger partial charge in [0, 0.05) is 36.4 Å². The Bertz CT molecular complexity index is 1640. The third kappa shape index (κ3) is 3.35. The number of nitrogens with one attached hydrogen (secondary N) is 1. The van der Waals surface area contributed by atoms with Gasteiger partial charge >= 0.3 is 0 Å². The monoisotopic (exact) mass is 567 g/mol. The van der Waals surface area contributed by atoms with E-state index in [1.54, 1.807) is 38.1 Å². The Labute approximate surface area is 229 Å². The second kappa shape index (κ2) is 8.74. The number of aliphatic hydroxyl groups is 2. The van der Waals surface area contributed by atoms with Gasteiger partial charge in [0.1, 0.15) is 17.3 Å². The van der Waals surface area contributed by atoms with Gasteiger partial charge in [-0.2, -0.15) is 5.10 Å². The molecule has 0 saturated carbocycles. The number of hydrogen-bond acceptors (Lipinski definition) is 8. The summed E-state index contributed by atoms with van der Waals surface area (Å²) < 4.78 is 16.9. The Morgan fingerprint density at radius 1 is 1.30 bits per heavy atom. The number of allylic oxidation sites excluding steroid dienone is 2. The summed E-state index contributed by atoms with van der Waals surface area (Å²) in [5.74, 6) is -3.41. The molecule has 6 N–H and O–H groups in total. The van der Waals surface area contributed by atoms with Gasteiger partial charge in [0.2, 0.25) is 0 Å². The average Bonchev–Trinajstić information content (AvgIpc) is 3.30. The third-order valence-corrected chi connectivity index (χ3v) is 10.2. The number of benzene rings is 1. The number of aliphatic hydroxyl groups excluding tert-OH is 2. The van der Waals surface area contributed by atoms with E-state index >= 15 is 4.39 Å². The average molecular weight is 568 g/mol. The number of amides is 2. The van der Waals surface area contributed by atoms with Crippen LogP contribution in [0.5, 0.6) is 5.75 Å². The Morgan fingerprint density at radius 3 is 2.60 bits per heavy atom. The minimum absolute atomic E-state index is 0.00406. The van der Waals surface area contributed by atoms with E-state index in [-0.39, 0.29) is 60.2 Å². The zero-order chi connectivity index (χ0) is 28.8. The second-order valence-electron chi connectivity index (χ2n) is 10.8. The first-order valence-corrected chi connectivity index (χ1v) is 13.7. The van der Waals surface area contributed by atoms with Crippen molar-refractivity contribution < 1.29 is 34.1 Å². The highest BCUT2D eigenvalue weighted by molar-refractivity contribution is 7.46. The number of primary amides is 1. The van der Waals surface area contributed by atoms with Crippen LogP contribution in [0.3, 0.4) is 0 Å². The molecule has 2 heterocycles. The molecule has 0 bridgehead atoms. The van der Waals surface area contributed by atoms with Gasteiger partial charge in [-0.3, -0.25) is 24.0 Å². The SMILES string of the molecule is CN(C)[C@@H]1C(O)=C(C(N)=O)C2=CP[C@@]23C(O)=C2C(=O)c4c(O)c(NC(=O)c5ccn(C)n5)cc(F)c4C[C@H]2C[C@@H]13. The van der Waals surface area contributed by atoms with E-state index in [0.717, 1.165) is 6.07 Å². The number of rotatable bonds is 4. The predicted octanol–water partition coefficient (Wildman–Crippen LogP) is 2.26. The Kier molecular flexibility index (Phi) is 5.73. The quantitative estimate of drug-likeness (QED) is 0.277. The lowest BCUT2D eigenvalue weighted by Crippen LogP contribution is -2.60. The fourth-order valence-electron chi connectivity index (χ4n) is 6.76. The maximum Gasteiger partial charge on any atom is 0.276 e. The molecule has 0 saturated heterocycles. The molecule has 4 aliphatic rings. The lowest BCUT2D eigenvalue weighted by Gasteiger charge is -2.58.